The van der Waals surface area contributed by atoms with Crippen LogP contribution in [0.5, 0.6) is 0 Å². The second-order valence-electron chi connectivity index (χ2n) is 5.88. The van der Waals surface area contributed by atoms with Crippen molar-refractivity contribution >= 4 is 5.91 Å². The van der Waals surface area contributed by atoms with Crippen LogP contribution in [0.25, 0.3) is 0 Å². The molecule has 0 aromatic rings. The molecule has 0 aliphatic carbocycles. The first-order valence-corrected chi connectivity index (χ1v) is 8.11. The lowest BCUT2D eigenvalue weighted by molar-refractivity contribution is -0.124. The Morgan fingerprint density at radius 1 is 1.25 bits per heavy atom. The lowest BCUT2D eigenvalue weighted by Crippen LogP contribution is -2.51. The van der Waals surface area contributed by atoms with E-state index in [1.54, 1.807) is 0 Å². The molecule has 1 atom stereocenters. The van der Waals surface area contributed by atoms with Gasteiger partial charge in [-0.15, -0.1) is 0 Å². The molecule has 0 bridgehead atoms. The predicted octanol–water partition coefficient (Wildman–Crippen LogP) is 0.746. The number of carbonyl (C=O) groups excluding carboxylic acids is 1. The molecular weight excluding hydrogens is 254 g/mol. The highest BCUT2D eigenvalue weighted by Crippen LogP contribution is 2.16. The van der Waals surface area contributed by atoms with Crippen LogP contribution in [0.1, 0.15) is 39.0 Å². The summed E-state index contributed by atoms with van der Waals surface area (Å²) in [5.74, 6) is 0.181. The molecule has 1 unspecified atom stereocenters. The molecule has 2 aliphatic rings. The van der Waals surface area contributed by atoms with Gasteiger partial charge in [-0.3, -0.25) is 9.69 Å². The lowest BCUT2D eigenvalue weighted by atomic mass is 10.0. The number of likely N-dealkylation sites (tertiary alicyclic amines) is 1. The third-order valence-corrected chi connectivity index (χ3v) is 4.31. The maximum atomic E-state index is 12.2. The SMILES string of the molecule is CCNCC1CCCCN1CC(=O)NC1CCOCC1. The molecule has 0 radical (unpaired) electrons. The highest BCUT2D eigenvalue weighted by molar-refractivity contribution is 5.78. The van der Waals surface area contributed by atoms with E-state index < -0.39 is 0 Å². The molecular formula is C15H29N3O2. The zero-order valence-electron chi connectivity index (χ0n) is 12.7. The highest BCUT2D eigenvalue weighted by atomic mass is 16.5. The molecule has 2 saturated heterocycles. The minimum Gasteiger partial charge on any atom is -0.381 e. The summed E-state index contributed by atoms with van der Waals surface area (Å²) < 4.78 is 5.32. The third-order valence-electron chi connectivity index (χ3n) is 4.31. The van der Waals surface area contributed by atoms with Crippen LogP contribution in [0, 0.1) is 0 Å². The van der Waals surface area contributed by atoms with Crippen LogP contribution >= 0.6 is 0 Å². The van der Waals surface area contributed by atoms with Crippen LogP contribution in [0.4, 0.5) is 0 Å². The van der Waals surface area contributed by atoms with Crippen LogP contribution < -0.4 is 10.6 Å². The maximum absolute atomic E-state index is 12.2. The van der Waals surface area contributed by atoms with Crippen LogP contribution in [0.2, 0.25) is 0 Å². The first-order valence-electron chi connectivity index (χ1n) is 8.11. The molecule has 2 fully saturated rings. The molecule has 5 heteroatoms. The van der Waals surface area contributed by atoms with Crippen molar-refractivity contribution in [1.82, 2.24) is 15.5 Å². The van der Waals surface area contributed by atoms with Crippen molar-refractivity contribution in [2.45, 2.75) is 51.1 Å². The van der Waals surface area contributed by atoms with Gasteiger partial charge in [-0.25, -0.2) is 0 Å². The van der Waals surface area contributed by atoms with Gasteiger partial charge in [-0.2, -0.15) is 0 Å². The summed E-state index contributed by atoms with van der Waals surface area (Å²) in [6, 6.07) is 0.831. The number of carbonyl (C=O) groups is 1. The van der Waals surface area contributed by atoms with Crippen LogP contribution in [0.3, 0.4) is 0 Å². The first-order chi connectivity index (χ1) is 9.79. The summed E-state index contributed by atoms with van der Waals surface area (Å²) in [6.07, 6.45) is 5.61. The van der Waals surface area contributed by atoms with Crippen molar-refractivity contribution in [2.75, 3.05) is 39.4 Å². The highest BCUT2D eigenvalue weighted by Gasteiger charge is 2.25. The molecule has 116 valence electrons. The van der Waals surface area contributed by atoms with Gasteiger partial charge in [0.2, 0.25) is 5.91 Å². The van der Waals surface area contributed by atoms with Gasteiger partial charge in [0.15, 0.2) is 0 Å². The van der Waals surface area contributed by atoms with Crippen molar-refractivity contribution in [3.8, 4) is 0 Å². The monoisotopic (exact) mass is 283 g/mol. The fourth-order valence-corrected chi connectivity index (χ4v) is 3.11. The summed E-state index contributed by atoms with van der Waals surface area (Å²) in [6.45, 7) is 7.28. The standard InChI is InChI=1S/C15H29N3O2/c1-2-16-11-14-5-3-4-8-18(14)12-15(19)17-13-6-9-20-10-7-13/h13-14,16H,2-12H2,1H3,(H,17,19). The molecule has 0 spiro atoms. The van der Waals surface area contributed by atoms with E-state index in [0.29, 0.717) is 18.6 Å². The molecule has 20 heavy (non-hydrogen) atoms. The topological polar surface area (TPSA) is 53.6 Å². The average molecular weight is 283 g/mol. The van der Waals surface area contributed by atoms with Crippen molar-refractivity contribution in [1.29, 1.82) is 0 Å². The Hall–Kier alpha value is -0.650. The quantitative estimate of drug-likeness (QED) is 0.755. The molecule has 0 saturated carbocycles. The lowest BCUT2D eigenvalue weighted by Gasteiger charge is -2.35. The molecule has 2 rings (SSSR count). The van der Waals surface area contributed by atoms with Gasteiger partial charge in [-0.1, -0.05) is 13.3 Å². The van der Waals surface area contributed by atoms with Crippen LogP contribution in [-0.2, 0) is 9.53 Å². The number of nitrogens with zero attached hydrogens (tertiary/aromatic N) is 1. The maximum Gasteiger partial charge on any atom is 0.234 e. The number of hydrogen-bond acceptors (Lipinski definition) is 4. The minimum atomic E-state index is 0.181. The number of nitrogens with one attached hydrogen (secondary N) is 2. The van der Waals surface area contributed by atoms with E-state index in [4.69, 9.17) is 4.74 Å². The van der Waals surface area contributed by atoms with E-state index >= 15 is 0 Å². The Morgan fingerprint density at radius 2 is 2.05 bits per heavy atom. The zero-order valence-corrected chi connectivity index (χ0v) is 12.7. The van der Waals surface area contributed by atoms with E-state index in [2.05, 4.69) is 22.5 Å². The van der Waals surface area contributed by atoms with Gasteiger partial charge in [0.05, 0.1) is 6.54 Å². The van der Waals surface area contributed by atoms with E-state index in [0.717, 1.165) is 45.7 Å². The van der Waals surface area contributed by atoms with E-state index in [9.17, 15) is 4.79 Å². The summed E-state index contributed by atoms with van der Waals surface area (Å²) in [5, 5.41) is 6.57. The Kier molecular flexibility index (Phi) is 6.76. The van der Waals surface area contributed by atoms with Gasteiger partial charge in [0, 0.05) is 31.8 Å². The molecule has 1 amide bonds. The molecule has 2 N–H and O–H groups in total. The number of amides is 1. The summed E-state index contributed by atoms with van der Waals surface area (Å²) in [4.78, 5) is 14.5. The second kappa shape index (κ2) is 8.60. The Bertz CT molecular complexity index is 293. The Labute approximate surface area is 122 Å². The van der Waals surface area contributed by atoms with Gasteiger partial charge in [0.25, 0.3) is 0 Å². The fraction of sp³-hybridized carbons (Fsp3) is 0.933. The first kappa shape index (κ1) is 15.7. The third kappa shape index (κ3) is 5.04. The summed E-state index contributed by atoms with van der Waals surface area (Å²) >= 11 is 0. The average Bonchev–Trinajstić information content (AvgIpc) is 2.47. The van der Waals surface area contributed by atoms with Crippen molar-refractivity contribution in [3.05, 3.63) is 0 Å². The number of ether oxygens (including phenoxy) is 1. The molecule has 2 heterocycles. The van der Waals surface area contributed by atoms with Crippen molar-refractivity contribution in [2.24, 2.45) is 0 Å². The summed E-state index contributed by atoms with van der Waals surface area (Å²) in [5.41, 5.74) is 0. The smallest absolute Gasteiger partial charge is 0.234 e. The number of likely N-dealkylation sites (N-methyl/N-ethyl adjacent to an activating group) is 1. The number of piperidine rings is 1. The molecule has 5 nitrogen and oxygen atoms in total. The van der Waals surface area contributed by atoms with E-state index in [1.165, 1.54) is 19.3 Å². The number of rotatable bonds is 6. The van der Waals surface area contributed by atoms with Crippen molar-refractivity contribution in [3.63, 3.8) is 0 Å². The fourth-order valence-electron chi connectivity index (χ4n) is 3.11. The Balaban J connectivity index is 1.75. The van der Waals surface area contributed by atoms with Gasteiger partial charge >= 0.3 is 0 Å². The van der Waals surface area contributed by atoms with Gasteiger partial charge in [-0.05, 0) is 38.8 Å². The molecule has 2 aliphatic heterocycles. The normalized spacial score (nSPS) is 25.6. The largest absolute Gasteiger partial charge is 0.381 e. The van der Waals surface area contributed by atoms with Crippen LogP contribution in [0.15, 0.2) is 0 Å². The van der Waals surface area contributed by atoms with Gasteiger partial charge in [0.1, 0.15) is 0 Å². The van der Waals surface area contributed by atoms with E-state index in [-0.39, 0.29) is 5.91 Å². The van der Waals surface area contributed by atoms with Gasteiger partial charge < -0.3 is 15.4 Å². The van der Waals surface area contributed by atoms with Crippen LogP contribution in [-0.4, -0.2) is 62.3 Å². The summed E-state index contributed by atoms with van der Waals surface area (Å²) in [7, 11) is 0. The minimum absolute atomic E-state index is 0.181. The van der Waals surface area contributed by atoms with E-state index in [1.807, 2.05) is 0 Å². The number of hydrogen-bond donors (Lipinski definition) is 2. The molecule has 0 aromatic heterocycles. The van der Waals surface area contributed by atoms with Crippen molar-refractivity contribution < 1.29 is 9.53 Å². The predicted molar refractivity (Wildman–Crippen MR) is 79.7 cm³/mol. The Morgan fingerprint density at radius 3 is 2.80 bits per heavy atom. The zero-order chi connectivity index (χ0) is 14.2. The second-order valence-corrected chi connectivity index (χ2v) is 5.88. The molecule has 0 aromatic carbocycles.